The molecule has 6 atom stereocenters. The maximum atomic E-state index is 13.0. The Kier molecular flexibility index (Phi) is 59.4. The molecule has 19 heteroatoms. The minimum Gasteiger partial charge on any atom is -0.462 e. The quantitative estimate of drug-likeness (QED) is 0.0222. The molecule has 4 unspecified atom stereocenters. The van der Waals surface area contributed by atoms with Crippen molar-refractivity contribution in [1.29, 1.82) is 0 Å². The maximum absolute atomic E-state index is 13.0. The predicted molar refractivity (Wildman–Crippen MR) is 363 cm³/mol. The number of hydrogen-bond donors (Lipinski definition) is 3. The molecule has 534 valence electrons. The van der Waals surface area contributed by atoms with Gasteiger partial charge in [0.2, 0.25) is 0 Å². The number of aliphatic hydroxyl groups excluding tert-OH is 1. The largest absolute Gasteiger partial charge is 0.472 e. The van der Waals surface area contributed by atoms with Crippen LogP contribution in [0.5, 0.6) is 0 Å². The summed E-state index contributed by atoms with van der Waals surface area (Å²) >= 11 is 0. The van der Waals surface area contributed by atoms with Gasteiger partial charge in [0.1, 0.15) is 19.3 Å². The van der Waals surface area contributed by atoms with Crippen LogP contribution in [0.3, 0.4) is 0 Å². The van der Waals surface area contributed by atoms with Crippen LogP contribution in [0.15, 0.2) is 0 Å². The van der Waals surface area contributed by atoms with E-state index in [1.54, 1.807) is 0 Å². The van der Waals surface area contributed by atoms with Crippen LogP contribution in [0.2, 0.25) is 0 Å². The topological polar surface area (TPSA) is 237 Å². The third-order valence-electron chi connectivity index (χ3n) is 16.7. The van der Waals surface area contributed by atoms with Gasteiger partial charge in [-0.15, -0.1) is 0 Å². The summed E-state index contributed by atoms with van der Waals surface area (Å²) in [5.41, 5.74) is 0. The standard InChI is InChI=1S/C71H138O17P2/c1-9-64(8)50-42-34-28-30-38-46-54-71(76)88-67(57-81-68(73)51-43-35-25-21-18-17-20-24-32-40-48-62(4)5)60-86-90(79,80)84-56-65(72)55-83-89(77,78)85-59-66(58-82-69(74)52-44-36-29-27-33-41-49-63(6)7)87-70(75)53-45-37-26-22-16-14-12-10-11-13-15-19-23-31-39-47-61(2)3/h61-67,72H,9-60H2,1-8H3,(H,77,78)(H,79,80)/t64?,65?,66-,67-/m1/s1. The summed E-state index contributed by atoms with van der Waals surface area (Å²) < 4.78 is 68.3. The average molecular weight is 1330 g/mol. The van der Waals surface area contributed by atoms with E-state index in [0.29, 0.717) is 31.6 Å². The molecule has 90 heavy (non-hydrogen) atoms. The number of esters is 4. The molecule has 0 aliphatic heterocycles. The van der Waals surface area contributed by atoms with Gasteiger partial charge in [-0.2, -0.15) is 0 Å². The third kappa shape index (κ3) is 63.5. The lowest BCUT2D eigenvalue weighted by molar-refractivity contribution is -0.161. The van der Waals surface area contributed by atoms with E-state index in [-0.39, 0.29) is 25.7 Å². The molecule has 0 saturated heterocycles. The highest BCUT2D eigenvalue weighted by Crippen LogP contribution is 2.45. The minimum absolute atomic E-state index is 0.102. The van der Waals surface area contributed by atoms with Crippen molar-refractivity contribution in [2.75, 3.05) is 39.6 Å². The first-order valence-corrected chi connectivity index (χ1v) is 39.7. The molecule has 0 aromatic heterocycles. The highest BCUT2D eigenvalue weighted by atomic mass is 31.2. The number of unbranched alkanes of at least 4 members (excludes halogenated alkanes) is 33. The van der Waals surface area contributed by atoms with Gasteiger partial charge < -0.3 is 33.8 Å². The van der Waals surface area contributed by atoms with Gasteiger partial charge in [-0.3, -0.25) is 37.3 Å². The van der Waals surface area contributed by atoms with Crippen LogP contribution >= 0.6 is 15.6 Å². The Bertz CT molecular complexity index is 1780. The van der Waals surface area contributed by atoms with E-state index in [9.17, 15) is 43.2 Å². The van der Waals surface area contributed by atoms with Crippen molar-refractivity contribution in [2.24, 2.45) is 23.7 Å². The maximum Gasteiger partial charge on any atom is 0.472 e. The summed E-state index contributed by atoms with van der Waals surface area (Å²) in [5.74, 6) is 0.828. The fourth-order valence-electron chi connectivity index (χ4n) is 10.6. The lowest BCUT2D eigenvalue weighted by Gasteiger charge is -2.21. The number of ether oxygens (including phenoxy) is 4. The molecule has 0 bridgehead atoms. The van der Waals surface area contributed by atoms with Crippen molar-refractivity contribution in [1.82, 2.24) is 0 Å². The second-order valence-electron chi connectivity index (χ2n) is 27.3. The van der Waals surface area contributed by atoms with Crippen LogP contribution in [0.1, 0.15) is 351 Å². The Balaban J connectivity index is 5.20. The zero-order valence-corrected chi connectivity index (χ0v) is 60.6. The third-order valence-corrected chi connectivity index (χ3v) is 18.6. The second kappa shape index (κ2) is 60.7. The van der Waals surface area contributed by atoms with Gasteiger partial charge in [-0.05, 0) is 49.4 Å². The smallest absolute Gasteiger partial charge is 0.462 e. The van der Waals surface area contributed by atoms with Gasteiger partial charge in [-0.1, -0.05) is 299 Å². The normalized spacial score (nSPS) is 14.6. The van der Waals surface area contributed by atoms with Crippen LogP contribution in [-0.2, 0) is 65.4 Å². The summed E-state index contributed by atoms with van der Waals surface area (Å²) in [6.45, 7) is 14.0. The molecule has 0 aromatic carbocycles. The zero-order chi connectivity index (χ0) is 66.8. The van der Waals surface area contributed by atoms with Crippen molar-refractivity contribution >= 4 is 39.5 Å². The fraction of sp³-hybridized carbons (Fsp3) is 0.944. The number of phosphoric ester groups is 2. The van der Waals surface area contributed by atoms with E-state index in [1.165, 1.54) is 148 Å². The first kappa shape index (κ1) is 88.1. The Hall–Kier alpha value is -1.94. The van der Waals surface area contributed by atoms with Crippen molar-refractivity contribution < 1.29 is 80.2 Å². The number of phosphoric acid groups is 2. The molecule has 0 radical (unpaired) electrons. The molecule has 0 aliphatic carbocycles. The second-order valence-corrected chi connectivity index (χ2v) is 30.2. The van der Waals surface area contributed by atoms with Gasteiger partial charge in [0.25, 0.3) is 0 Å². The van der Waals surface area contributed by atoms with E-state index >= 15 is 0 Å². The molecule has 0 aromatic rings. The minimum atomic E-state index is -4.95. The first-order chi connectivity index (χ1) is 43.1. The number of carbonyl (C=O) groups is 4. The molecule has 0 aliphatic rings. The summed E-state index contributed by atoms with van der Waals surface area (Å²) in [6.07, 6.45) is 43.3. The number of carbonyl (C=O) groups excluding carboxylic acids is 4. The summed E-state index contributed by atoms with van der Waals surface area (Å²) in [7, 11) is -9.90. The van der Waals surface area contributed by atoms with Gasteiger partial charge >= 0.3 is 39.5 Å². The zero-order valence-electron chi connectivity index (χ0n) is 58.8. The lowest BCUT2D eigenvalue weighted by Crippen LogP contribution is -2.30. The molecule has 0 amide bonds. The highest BCUT2D eigenvalue weighted by molar-refractivity contribution is 7.47. The van der Waals surface area contributed by atoms with Crippen molar-refractivity contribution in [3.8, 4) is 0 Å². The SMILES string of the molecule is CCC(C)CCCCCCCCC(=O)O[C@H](COC(=O)CCCCCCCCCCCCC(C)C)COP(=O)(O)OCC(O)COP(=O)(O)OC[C@@H](COC(=O)CCCCCCCCC(C)C)OC(=O)CCCCCCCCCCCCCCCCCC(C)C. The molecule has 17 nitrogen and oxygen atoms in total. The van der Waals surface area contributed by atoms with Crippen molar-refractivity contribution in [2.45, 2.75) is 369 Å². The molecule has 3 N–H and O–H groups in total. The summed E-state index contributed by atoms with van der Waals surface area (Å²) in [6, 6.07) is 0. The van der Waals surface area contributed by atoms with Crippen LogP contribution < -0.4 is 0 Å². The van der Waals surface area contributed by atoms with E-state index in [4.69, 9.17) is 37.0 Å². The molecule has 0 heterocycles. The Labute approximate surface area is 549 Å². The van der Waals surface area contributed by atoms with Crippen LogP contribution in [0, 0.1) is 23.7 Å². The van der Waals surface area contributed by atoms with E-state index in [1.807, 2.05) is 0 Å². The molecule has 0 saturated carbocycles. The Morgan fingerprint density at radius 3 is 0.789 bits per heavy atom. The van der Waals surface area contributed by atoms with E-state index in [2.05, 4.69) is 55.4 Å². The molecule has 0 rings (SSSR count). The number of rotatable bonds is 68. The van der Waals surface area contributed by atoms with Crippen LogP contribution in [-0.4, -0.2) is 96.7 Å². The van der Waals surface area contributed by atoms with Crippen molar-refractivity contribution in [3.63, 3.8) is 0 Å². The van der Waals surface area contributed by atoms with Gasteiger partial charge in [0.05, 0.1) is 26.4 Å². The Morgan fingerprint density at radius 2 is 0.533 bits per heavy atom. The van der Waals surface area contributed by atoms with Crippen molar-refractivity contribution in [3.05, 3.63) is 0 Å². The Morgan fingerprint density at radius 1 is 0.311 bits per heavy atom. The first-order valence-electron chi connectivity index (χ1n) is 36.7. The summed E-state index contributed by atoms with van der Waals surface area (Å²) in [4.78, 5) is 72.5. The highest BCUT2D eigenvalue weighted by Gasteiger charge is 2.30. The number of aliphatic hydroxyl groups is 1. The molecular formula is C71H138O17P2. The molecule has 0 spiro atoms. The molecular weight excluding hydrogens is 1190 g/mol. The summed E-state index contributed by atoms with van der Waals surface area (Å²) in [5, 5.41) is 10.6. The van der Waals surface area contributed by atoms with Gasteiger partial charge in [0, 0.05) is 25.7 Å². The lowest BCUT2D eigenvalue weighted by atomic mass is 10.00. The molecule has 0 fully saturated rings. The fourth-order valence-corrected chi connectivity index (χ4v) is 12.2. The van der Waals surface area contributed by atoms with Gasteiger partial charge in [0.15, 0.2) is 12.2 Å². The monoisotopic (exact) mass is 1320 g/mol. The van der Waals surface area contributed by atoms with Crippen LogP contribution in [0.25, 0.3) is 0 Å². The van der Waals surface area contributed by atoms with Gasteiger partial charge in [-0.25, -0.2) is 9.13 Å². The van der Waals surface area contributed by atoms with E-state index in [0.717, 1.165) is 114 Å². The predicted octanol–water partition coefficient (Wildman–Crippen LogP) is 20.1. The average Bonchev–Trinajstić information content (AvgIpc) is 3.62. The number of hydrogen-bond acceptors (Lipinski definition) is 15. The van der Waals surface area contributed by atoms with E-state index < -0.39 is 97.5 Å². The van der Waals surface area contributed by atoms with Crippen LogP contribution in [0.4, 0.5) is 0 Å².